The molecule has 0 bridgehead atoms. The van der Waals surface area contributed by atoms with Crippen molar-refractivity contribution in [1.29, 1.82) is 0 Å². The molecule has 4 nitrogen and oxygen atoms in total. The molecule has 1 fully saturated rings. The molecule has 5 heteroatoms. The lowest BCUT2D eigenvalue weighted by atomic mass is 9.82. The highest BCUT2D eigenvalue weighted by Crippen LogP contribution is 2.32. The minimum atomic E-state index is -2.27. The zero-order valence-corrected chi connectivity index (χ0v) is 13.6. The lowest BCUT2D eigenvalue weighted by Crippen LogP contribution is -2.44. The predicted octanol–water partition coefficient (Wildman–Crippen LogP) is 2.40. The number of carbonyl (C=O) groups excluding carboxylic acids is 1. The van der Waals surface area contributed by atoms with E-state index >= 15 is 4.39 Å². The van der Waals surface area contributed by atoms with Crippen LogP contribution in [0.2, 0.25) is 0 Å². The third kappa shape index (κ3) is 4.16. The molecule has 0 radical (unpaired) electrons. The van der Waals surface area contributed by atoms with Crippen molar-refractivity contribution in [3.05, 3.63) is 35.4 Å². The van der Waals surface area contributed by atoms with Gasteiger partial charge < -0.3 is 10.4 Å². The second-order valence-corrected chi connectivity index (χ2v) is 6.65. The van der Waals surface area contributed by atoms with Crippen LogP contribution < -0.4 is 5.32 Å². The van der Waals surface area contributed by atoms with Gasteiger partial charge >= 0.3 is 5.97 Å². The minimum absolute atomic E-state index is 0.0532. The fourth-order valence-corrected chi connectivity index (χ4v) is 2.99. The third-order valence-corrected chi connectivity index (χ3v) is 4.54. The van der Waals surface area contributed by atoms with Crippen LogP contribution in [-0.4, -0.2) is 35.6 Å². The van der Waals surface area contributed by atoms with Crippen molar-refractivity contribution in [3.63, 3.8) is 0 Å². The number of carboxylic acid groups (broad SMARTS) is 1. The Labute approximate surface area is 136 Å². The van der Waals surface area contributed by atoms with Crippen LogP contribution in [0.4, 0.5) is 4.39 Å². The number of carboxylic acids is 1. The summed E-state index contributed by atoms with van der Waals surface area (Å²) >= 11 is 0. The third-order valence-electron chi connectivity index (χ3n) is 4.54. The summed E-state index contributed by atoms with van der Waals surface area (Å²) in [5.74, 6) is -1.87. The first-order valence-corrected chi connectivity index (χ1v) is 8.06. The van der Waals surface area contributed by atoms with Gasteiger partial charge in [0.05, 0.1) is 0 Å². The number of ketones is 1. The van der Waals surface area contributed by atoms with Gasteiger partial charge in [-0.15, -0.1) is 0 Å². The highest BCUT2D eigenvalue weighted by molar-refractivity contribution is 5.82. The number of Topliss-reactive ketones (excluding diaryl/α,β-unsaturated/α-hetero) is 1. The molecule has 2 unspecified atom stereocenters. The van der Waals surface area contributed by atoms with Gasteiger partial charge in [0, 0.05) is 31.2 Å². The molecule has 0 aromatic heterocycles. The maximum Gasteiger partial charge on any atom is 0.342 e. The molecule has 0 saturated carbocycles. The number of rotatable bonds is 7. The van der Waals surface area contributed by atoms with Crippen LogP contribution in [0.3, 0.4) is 0 Å². The molecule has 1 aliphatic heterocycles. The van der Waals surface area contributed by atoms with E-state index in [9.17, 15) is 14.7 Å². The Morgan fingerprint density at radius 1 is 1.39 bits per heavy atom. The lowest BCUT2D eigenvalue weighted by Gasteiger charge is -2.26. The van der Waals surface area contributed by atoms with E-state index < -0.39 is 17.6 Å². The molecule has 2 rings (SSSR count). The van der Waals surface area contributed by atoms with Gasteiger partial charge in [-0.1, -0.05) is 38.1 Å². The topological polar surface area (TPSA) is 66.4 Å². The van der Waals surface area contributed by atoms with E-state index in [4.69, 9.17) is 0 Å². The molecule has 2 atom stereocenters. The fourth-order valence-electron chi connectivity index (χ4n) is 2.99. The summed E-state index contributed by atoms with van der Waals surface area (Å²) in [6, 6.07) is 7.05. The lowest BCUT2D eigenvalue weighted by molar-refractivity contribution is -0.154. The molecule has 1 heterocycles. The maximum absolute atomic E-state index is 15.1. The van der Waals surface area contributed by atoms with Crippen molar-refractivity contribution in [3.8, 4) is 0 Å². The minimum Gasteiger partial charge on any atom is -0.479 e. The number of aliphatic carboxylic acids is 1. The molecule has 0 spiro atoms. The Morgan fingerprint density at radius 2 is 2.09 bits per heavy atom. The normalized spacial score (nSPS) is 20.4. The Kier molecular flexibility index (Phi) is 5.52. The van der Waals surface area contributed by atoms with Crippen molar-refractivity contribution < 1.29 is 19.1 Å². The Bertz CT molecular complexity index is 581. The van der Waals surface area contributed by atoms with Crippen molar-refractivity contribution in [2.24, 2.45) is 11.8 Å². The number of alkyl halides is 1. The van der Waals surface area contributed by atoms with E-state index in [2.05, 4.69) is 5.32 Å². The number of carbonyl (C=O) groups is 2. The molecule has 1 aromatic carbocycles. The van der Waals surface area contributed by atoms with Crippen LogP contribution in [-0.2, 0) is 22.4 Å². The summed E-state index contributed by atoms with van der Waals surface area (Å²) in [6.45, 7) is 4.72. The zero-order valence-electron chi connectivity index (χ0n) is 13.6. The molecule has 23 heavy (non-hydrogen) atoms. The van der Waals surface area contributed by atoms with Gasteiger partial charge in [-0.05, 0) is 24.1 Å². The quantitative estimate of drug-likeness (QED) is 0.809. The Hall–Kier alpha value is -1.75. The summed E-state index contributed by atoms with van der Waals surface area (Å²) < 4.78 is 15.1. The molecule has 2 N–H and O–H groups in total. The van der Waals surface area contributed by atoms with Gasteiger partial charge in [0.1, 0.15) is 5.78 Å². The smallest absolute Gasteiger partial charge is 0.342 e. The summed E-state index contributed by atoms with van der Waals surface area (Å²) in [5, 5.41) is 12.4. The van der Waals surface area contributed by atoms with Crippen LogP contribution in [0.5, 0.6) is 0 Å². The maximum atomic E-state index is 15.1. The molecular weight excluding hydrogens is 297 g/mol. The van der Waals surface area contributed by atoms with E-state index in [0.29, 0.717) is 31.5 Å². The Balaban J connectivity index is 2.17. The molecule has 1 aromatic rings. The molecule has 0 amide bonds. The van der Waals surface area contributed by atoms with E-state index in [-0.39, 0.29) is 18.1 Å². The van der Waals surface area contributed by atoms with Crippen LogP contribution in [0, 0.1) is 11.8 Å². The first kappa shape index (κ1) is 17.6. The molecular formula is C18H24FNO3. The standard InChI is InChI=1S/C18H24FNO3/c1-12(2)16(21)9-13-4-3-5-14(8-13)10-18(19,17(22)23)15-6-7-20-11-15/h3-5,8,12,15,20H,6-7,9-11H2,1-2H3,(H,22,23). The van der Waals surface area contributed by atoms with Gasteiger partial charge in [-0.3, -0.25) is 4.79 Å². The van der Waals surface area contributed by atoms with E-state index in [1.165, 1.54) is 0 Å². The van der Waals surface area contributed by atoms with Crippen LogP contribution in [0.1, 0.15) is 31.4 Å². The number of benzene rings is 1. The monoisotopic (exact) mass is 321 g/mol. The second kappa shape index (κ2) is 7.21. The van der Waals surface area contributed by atoms with Gasteiger partial charge in [0.15, 0.2) is 0 Å². The summed E-state index contributed by atoms with van der Waals surface area (Å²) in [5.41, 5.74) is -0.848. The summed E-state index contributed by atoms with van der Waals surface area (Å²) in [4.78, 5) is 23.4. The number of hydrogen-bond acceptors (Lipinski definition) is 3. The van der Waals surface area contributed by atoms with Gasteiger partial charge in [-0.25, -0.2) is 9.18 Å². The van der Waals surface area contributed by atoms with Crippen molar-refractivity contribution in [1.82, 2.24) is 5.32 Å². The van der Waals surface area contributed by atoms with Crippen molar-refractivity contribution in [2.75, 3.05) is 13.1 Å². The first-order chi connectivity index (χ1) is 10.8. The van der Waals surface area contributed by atoms with Crippen molar-refractivity contribution >= 4 is 11.8 Å². The first-order valence-electron chi connectivity index (χ1n) is 8.06. The van der Waals surface area contributed by atoms with E-state index in [1.54, 1.807) is 18.2 Å². The van der Waals surface area contributed by atoms with Crippen LogP contribution >= 0.6 is 0 Å². The average molecular weight is 321 g/mol. The summed E-state index contributed by atoms with van der Waals surface area (Å²) in [6.07, 6.45) is 0.648. The number of halogens is 1. The number of hydrogen-bond donors (Lipinski definition) is 2. The van der Waals surface area contributed by atoms with Crippen LogP contribution in [0.15, 0.2) is 24.3 Å². The number of nitrogens with one attached hydrogen (secondary N) is 1. The van der Waals surface area contributed by atoms with E-state index in [1.807, 2.05) is 19.9 Å². The molecule has 0 aliphatic carbocycles. The second-order valence-electron chi connectivity index (χ2n) is 6.65. The van der Waals surface area contributed by atoms with Gasteiger partial charge in [0.25, 0.3) is 0 Å². The molecule has 1 aliphatic rings. The highest BCUT2D eigenvalue weighted by atomic mass is 19.1. The van der Waals surface area contributed by atoms with E-state index in [0.717, 1.165) is 5.56 Å². The SMILES string of the molecule is CC(C)C(=O)Cc1cccc(CC(F)(C(=O)O)C2CCNC2)c1. The predicted molar refractivity (Wildman–Crippen MR) is 86.1 cm³/mol. The highest BCUT2D eigenvalue weighted by Gasteiger charge is 2.47. The Morgan fingerprint density at radius 3 is 2.65 bits per heavy atom. The van der Waals surface area contributed by atoms with Crippen LogP contribution in [0.25, 0.3) is 0 Å². The average Bonchev–Trinajstić information content (AvgIpc) is 3.01. The molecule has 126 valence electrons. The fraction of sp³-hybridized carbons (Fsp3) is 0.556. The van der Waals surface area contributed by atoms with Gasteiger partial charge in [0.2, 0.25) is 5.67 Å². The molecule has 1 saturated heterocycles. The van der Waals surface area contributed by atoms with Gasteiger partial charge in [-0.2, -0.15) is 0 Å². The van der Waals surface area contributed by atoms with Crippen molar-refractivity contribution in [2.45, 2.75) is 38.8 Å². The largest absolute Gasteiger partial charge is 0.479 e. The zero-order chi connectivity index (χ0) is 17.0. The summed E-state index contributed by atoms with van der Waals surface area (Å²) in [7, 11) is 0.